The number of nitro benzene ring substituents is 1. The van der Waals surface area contributed by atoms with Gasteiger partial charge < -0.3 is 4.43 Å². The first-order valence-corrected chi connectivity index (χ1v) is 11.1. The fourth-order valence-corrected chi connectivity index (χ4v) is 9.34. The second-order valence-electron chi connectivity index (χ2n) is 7.83. The van der Waals surface area contributed by atoms with E-state index in [0.717, 1.165) is 23.9 Å². The first kappa shape index (κ1) is 19.7. The van der Waals surface area contributed by atoms with Gasteiger partial charge in [0.1, 0.15) is 5.75 Å². The molecule has 4 nitrogen and oxygen atoms in total. The zero-order chi connectivity index (χ0) is 17.6. The monoisotopic (exact) mass is 337 g/mol. The van der Waals surface area contributed by atoms with Crippen LogP contribution in [0, 0.1) is 27.9 Å². The van der Waals surface area contributed by atoms with Crippen molar-refractivity contribution in [1.29, 1.82) is 0 Å². The number of nitrogens with zero attached hydrogens (tertiary/aromatic N) is 1. The topological polar surface area (TPSA) is 52.4 Å². The van der Waals surface area contributed by atoms with Gasteiger partial charge in [-0.3, -0.25) is 10.1 Å². The maximum Gasteiger partial charge on any atom is 0.269 e. The summed E-state index contributed by atoms with van der Waals surface area (Å²) < 4.78 is 6.59. The zero-order valence-electron chi connectivity index (χ0n) is 15.3. The first-order valence-electron chi connectivity index (χ1n) is 8.57. The van der Waals surface area contributed by atoms with Crippen molar-refractivity contribution in [2.45, 2.75) is 59.7 Å². The lowest BCUT2D eigenvalue weighted by molar-refractivity contribution is -0.384. The van der Waals surface area contributed by atoms with Crippen molar-refractivity contribution in [3.63, 3.8) is 0 Å². The third-order valence-electron chi connectivity index (χ3n) is 3.72. The summed E-state index contributed by atoms with van der Waals surface area (Å²) >= 11 is 0. The van der Waals surface area contributed by atoms with Crippen LogP contribution in [-0.4, -0.2) is 13.2 Å². The van der Waals surface area contributed by atoms with Crippen molar-refractivity contribution in [3.05, 3.63) is 34.4 Å². The van der Waals surface area contributed by atoms with Crippen molar-refractivity contribution in [2.75, 3.05) is 0 Å². The molecule has 0 N–H and O–H groups in total. The van der Waals surface area contributed by atoms with Crippen LogP contribution in [0.25, 0.3) is 0 Å². The van der Waals surface area contributed by atoms with Gasteiger partial charge in [0.05, 0.1) is 4.92 Å². The summed E-state index contributed by atoms with van der Waals surface area (Å²) in [4.78, 5) is 10.4. The molecule has 0 heterocycles. The van der Waals surface area contributed by atoms with E-state index in [0.29, 0.717) is 17.8 Å². The highest BCUT2D eigenvalue weighted by Gasteiger charge is 2.39. The van der Waals surface area contributed by atoms with E-state index >= 15 is 0 Å². The molecule has 1 aromatic carbocycles. The molecule has 1 aromatic rings. The van der Waals surface area contributed by atoms with E-state index < -0.39 is 8.32 Å². The Hall–Kier alpha value is -1.36. The Morgan fingerprint density at radius 3 is 1.61 bits per heavy atom. The predicted molar refractivity (Wildman–Crippen MR) is 98.4 cm³/mol. The molecular formula is C18H31NO3Si. The number of hydrogen-bond donors (Lipinski definition) is 0. The highest BCUT2D eigenvalue weighted by molar-refractivity contribution is 6.74. The van der Waals surface area contributed by atoms with Crippen LogP contribution < -0.4 is 4.43 Å². The van der Waals surface area contributed by atoms with Crippen molar-refractivity contribution >= 4 is 14.0 Å². The molecule has 5 heteroatoms. The summed E-state index contributed by atoms with van der Waals surface area (Å²) in [5, 5.41) is 10.8. The smallest absolute Gasteiger partial charge is 0.269 e. The fourth-order valence-electron chi connectivity index (χ4n) is 3.49. The minimum absolute atomic E-state index is 0.112. The molecule has 0 unspecified atom stereocenters. The Morgan fingerprint density at radius 2 is 1.30 bits per heavy atom. The van der Waals surface area contributed by atoms with Gasteiger partial charge in [0.15, 0.2) is 0 Å². The number of rotatable bonds is 9. The Bertz CT molecular complexity index is 471. The van der Waals surface area contributed by atoms with E-state index in [-0.39, 0.29) is 10.6 Å². The van der Waals surface area contributed by atoms with Gasteiger partial charge >= 0.3 is 0 Å². The minimum Gasteiger partial charge on any atom is -0.543 e. The highest BCUT2D eigenvalue weighted by Crippen LogP contribution is 2.34. The van der Waals surface area contributed by atoms with Crippen LogP contribution in [0.1, 0.15) is 41.5 Å². The predicted octanol–water partition coefficient (Wildman–Crippen LogP) is 5.89. The average Bonchev–Trinajstić information content (AvgIpc) is 2.36. The zero-order valence-corrected chi connectivity index (χ0v) is 16.3. The summed E-state index contributed by atoms with van der Waals surface area (Å²) in [7, 11) is -1.94. The van der Waals surface area contributed by atoms with E-state index in [1.165, 1.54) is 12.1 Å². The van der Waals surface area contributed by atoms with Crippen LogP contribution in [0.5, 0.6) is 5.75 Å². The Balaban J connectivity index is 3.07. The van der Waals surface area contributed by atoms with Gasteiger partial charge in [-0.15, -0.1) is 0 Å². The lowest BCUT2D eigenvalue weighted by atomic mass is 10.2. The molecule has 23 heavy (non-hydrogen) atoms. The third kappa shape index (κ3) is 6.73. The van der Waals surface area contributed by atoms with Crippen LogP contribution in [-0.2, 0) is 0 Å². The van der Waals surface area contributed by atoms with E-state index in [4.69, 9.17) is 4.43 Å². The molecule has 0 saturated carbocycles. The molecule has 0 radical (unpaired) electrons. The van der Waals surface area contributed by atoms with Crippen LogP contribution in [0.3, 0.4) is 0 Å². The molecular weight excluding hydrogens is 306 g/mol. The number of hydrogen-bond acceptors (Lipinski definition) is 3. The molecule has 0 amide bonds. The van der Waals surface area contributed by atoms with Gasteiger partial charge in [-0.05, 0) is 48.0 Å². The lowest BCUT2D eigenvalue weighted by Gasteiger charge is -2.36. The van der Waals surface area contributed by atoms with Crippen LogP contribution in [0.4, 0.5) is 5.69 Å². The van der Waals surface area contributed by atoms with Crippen molar-refractivity contribution in [2.24, 2.45) is 17.8 Å². The Kier molecular flexibility index (Phi) is 7.26. The van der Waals surface area contributed by atoms with Gasteiger partial charge in [0.25, 0.3) is 14.0 Å². The van der Waals surface area contributed by atoms with E-state index in [1.807, 2.05) is 0 Å². The SMILES string of the molecule is CC(C)C[Si](CC(C)C)(CC(C)C)Oc1ccc([N+](=O)[O-])cc1. The minimum atomic E-state index is -1.94. The summed E-state index contributed by atoms with van der Waals surface area (Å²) in [5.41, 5.74) is 0.112. The number of benzene rings is 1. The van der Waals surface area contributed by atoms with Gasteiger partial charge in [0, 0.05) is 12.1 Å². The molecule has 0 aliphatic heterocycles. The van der Waals surface area contributed by atoms with Gasteiger partial charge in [-0.25, -0.2) is 0 Å². The molecule has 0 aliphatic rings. The van der Waals surface area contributed by atoms with Gasteiger partial charge in [-0.1, -0.05) is 41.5 Å². The second kappa shape index (κ2) is 8.48. The van der Waals surface area contributed by atoms with Crippen LogP contribution in [0.15, 0.2) is 24.3 Å². The van der Waals surface area contributed by atoms with E-state index in [1.54, 1.807) is 12.1 Å². The normalized spacial score (nSPS) is 12.2. The van der Waals surface area contributed by atoms with Crippen LogP contribution >= 0.6 is 0 Å². The molecule has 0 aromatic heterocycles. The van der Waals surface area contributed by atoms with Crippen molar-refractivity contribution in [1.82, 2.24) is 0 Å². The van der Waals surface area contributed by atoms with Crippen molar-refractivity contribution < 1.29 is 9.35 Å². The molecule has 0 fully saturated rings. The summed E-state index contributed by atoms with van der Waals surface area (Å²) in [6.07, 6.45) is 0. The second-order valence-corrected chi connectivity index (χ2v) is 11.6. The third-order valence-corrected chi connectivity index (χ3v) is 9.07. The quantitative estimate of drug-likeness (QED) is 0.321. The molecule has 0 spiro atoms. The maximum absolute atomic E-state index is 10.8. The van der Waals surface area contributed by atoms with Crippen molar-refractivity contribution in [3.8, 4) is 5.75 Å². The average molecular weight is 338 g/mol. The molecule has 0 aliphatic carbocycles. The first-order chi connectivity index (χ1) is 10.6. The molecule has 1 rings (SSSR count). The number of nitro groups is 1. The molecule has 0 saturated heterocycles. The van der Waals surface area contributed by atoms with Crippen LogP contribution in [0.2, 0.25) is 18.1 Å². The van der Waals surface area contributed by atoms with Gasteiger partial charge in [-0.2, -0.15) is 0 Å². The molecule has 0 bridgehead atoms. The molecule has 0 atom stereocenters. The fraction of sp³-hybridized carbons (Fsp3) is 0.667. The summed E-state index contributed by atoms with van der Waals surface area (Å²) in [6.45, 7) is 13.5. The largest absolute Gasteiger partial charge is 0.543 e. The summed E-state index contributed by atoms with van der Waals surface area (Å²) in [6, 6.07) is 9.95. The maximum atomic E-state index is 10.8. The number of non-ortho nitro benzene ring substituents is 1. The standard InChI is InChI=1S/C18H31NO3Si/c1-14(2)11-23(12-15(3)4,13-16(5)6)22-18-9-7-17(8-10-18)19(20)21/h7-10,14-16H,11-13H2,1-6H3. The summed E-state index contributed by atoms with van der Waals surface area (Å²) in [5.74, 6) is 2.57. The van der Waals surface area contributed by atoms with Gasteiger partial charge in [0.2, 0.25) is 0 Å². The molecule has 130 valence electrons. The highest BCUT2D eigenvalue weighted by atomic mass is 28.4. The Morgan fingerprint density at radius 1 is 0.913 bits per heavy atom. The lowest BCUT2D eigenvalue weighted by Crippen LogP contribution is -2.45. The van der Waals surface area contributed by atoms with E-state index in [2.05, 4.69) is 41.5 Å². The van der Waals surface area contributed by atoms with E-state index in [9.17, 15) is 10.1 Å². The Labute approximate surface area is 141 Å².